The van der Waals surface area contributed by atoms with Crippen LogP contribution in [-0.2, 0) is 4.79 Å². The van der Waals surface area contributed by atoms with Crippen LogP contribution in [0.5, 0.6) is 0 Å². The molecule has 1 aliphatic carbocycles. The van der Waals surface area contributed by atoms with Crippen molar-refractivity contribution < 1.29 is 9.59 Å². The Morgan fingerprint density at radius 3 is 2.50 bits per heavy atom. The fourth-order valence-corrected chi connectivity index (χ4v) is 2.61. The summed E-state index contributed by atoms with van der Waals surface area (Å²) in [5.74, 6) is -0.204. The van der Waals surface area contributed by atoms with E-state index in [-0.39, 0.29) is 17.7 Å². The van der Waals surface area contributed by atoms with Crippen LogP contribution in [0.4, 0.5) is 5.69 Å². The zero-order valence-corrected chi connectivity index (χ0v) is 15.6. The van der Waals surface area contributed by atoms with Crippen molar-refractivity contribution >= 4 is 46.4 Å². The maximum atomic E-state index is 12.2. The Hall–Kier alpha value is -2.37. The number of hydrazone groups is 1. The smallest absolute Gasteiger partial charge is 0.271 e. The zero-order valence-electron chi connectivity index (χ0n) is 14.1. The van der Waals surface area contributed by atoms with Gasteiger partial charge in [0, 0.05) is 17.2 Å². The van der Waals surface area contributed by atoms with Crippen LogP contribution in [0.1, 0.15) is 35.7 Å². The number of carbonyl (C=O) groups is 2. The molecule has 3 rings (SSSR count). The molecule has 1 saturated carbocycles. The van der Waals surface area contributed by atoms with Crippen molar-refractivity contribution in [2.75, 3.05) is 5.32 Å². The molecule has 2 N–H and O–H groups in total. The molecule has 0 aromatic heterocycles. The van der Waals surface area contributed by atoms with Gasteiger partial charge in [-0.25, -0.2) is 5.43 Å². The van der Waals surface area contributed by atoms with E-state index in [2.05, 4.69) is 15.8 Å². The van der Waals surface area contributed by atoms with Crippen molar-refractivity contribution in [2.24, 2.45) is 11.0 Å². The highest BCUT2D eigenvalue weighted by Gasteiger charge is 2.29. The Kier molecular flexibility index (Phi) is 5.59. The second kappa shape index (κ2) is 7.89. The summed E-state index contributed by atoms with van der Waals surface area (Å²) in [5, 5.41) is 7.70. The van der Waals surface area contributed by atoms with Crippen LogP contribution in [-0.4, -0.2) is 17.5 Å². The van der Waals surface area contributed by atoms with Gasteiger partial charge in [-0.1, -0.05) is 35.3 Å². The third kappa shape index (κ3) is 4.62. The van der Waals surface area contributed by atoms with Crippen molar-refractivity contribution in [3.63, 3.8) is 0 Å². The summed E-state index contributed by atoms with van der Waals surface area (Å²) in [6.45, 7) is 1.77. The first-order valence-corrected chi connectivity index (χ1v) is 8.90. The van der Waals surface area contributed by atoms with E-state index in [1.54, 1.807) is 19.1 Å². The molecule has 0 saturated heterocycles. The number of amides is 2. The number of carbonyl (C=O) groups excluding carboxylic acids is 2. The Morgan fingerprint density at radius 1 is 1.04 bits per heavy atom. The minimum absolute atomic E-state index is 0.0460. The fourth-order valence-electron chi connectivity index (χ4n) is 2.31. The average molecular weight is 390 g/mol. The molecule has 0 bridgehead atoms. The Balaban J connectivity index is 1.67. The van der Waals surface area contributed by atoms with Crippen LogP contribution in [0.15, 0.2) is 47.6 Å². The number of hydrogen-bond acceptors (Lipinski definition) is 3. The maximum Gasteiger partial charge on any atom is 0.271 e. The van der Waals surface area contributed by atoms with Crippen LogP contribution in [0.2, 0.25) is 10.0 Å². The molecule has 134 valence electrons. The molecule has 2 aromatic rings. The third-order valence-corrected chi connectivity index (χ3v) is 4.74. The van der Waals surface area contributed by atoms with Crippen molar-refractivity contribution in [2.45, 2.75) is 19.8 Å². The minimum atomic E-state index is -0.388. The average Bonchev–Trinajstić information content (AvgIpc) is 3.47. The molecule has 5 nitrogen and oxygen atoms in total. The van der Waals surface area contributed by atoms with Crippen LogP contribution in [0, 0.1) is 5.92 Å². The number of nitrogens with zero attached hydrogens (tertiary/aromatic N) is 1. The van der Waals surface area contributed by atoms with E-state index >= 15 is 0 Å². The van der Waals surface area contributed by atoms with Gasteiger partial charge in [0.15, 0.2) is 0 Å². The van der Waals surface area contributed by atoms with E-state index < -0.39 is 0 Å². The van der Waals surface area contributed by atoms with Crippen molar-refractivity contribution in [3.8, 4) is 0 Å². The monoisotopic (exact) mass is 389 g/mol. The van der Waals surface area contributed by atoms with Crippen LogP contribution >= 0.6 is 23.2 Å². The standard InChI is InChI=1S/C19H17Cl2N3O2/c1-11(23-24-19(26)14-7-8-16(20)17(21)10-14)13-3-2-4-15(9-13)22-18(25)12-5-6-12/h2-4,7-10,12H,5-6H2,1H3,(H,22,25)(H,24,26)/b23-11-. The summed E-state index contributed by atoms with van der Waals surface area (Å²) in [7, 11) is 0. The van der Waals surface area contributed by atoms with Crippen LogP contribution in [0.25, 0.3) is 0 Å². The molecule has 0 spiro atoms. The Bertz CT molecular complexity index is 892. The van der Waals surface area contributed by atoms with Crippen LogP contribution < -0.4 is 10.7 Å². The largest absolute Gasteiger partial charge is 0.326 e. The van der Waals surface area contributed by atoms with Crippen molar-refractivity contribution in [1.29, 1.82) is 0 Å². The molecule has 2 amide bonds. The molecule has 0 aliphatic heterocycles. The van der Waals surface area contributed by atoms with Gasteiger partial charge in [0.1, 0.15) is 0 Å². The number of halogens is 2. The molecule has 0 radical (unpaired) electrons. The summed E-state index contributed by atoms with van der Waals surface area (Å²) in [5.41, 5.74) is 4.98. The van der Waals surface area contributed by atoms with E-state index in [0.717, 1.165) is 18.4 Å². The van der Waals surface area contributed by atoms with Crippen LogP contribution in [0.3, 0.4) is 0 Å². The Morgan fingerprint density at radius 2 is 1.81 bits per heavy atom. The number of benzene rings is 2. The van der Waals surface area contributed by atoms with Gasteiger partial charge in [-0.3, -0.25) is 9.59 Å². The maximum absolute atomic E-state index is 12.2. The van der Waals surface area contributed by atoms with Gasteiger partial charge in [-0.15, -0.1) is 0 Å². The predicted octanol–water partition coefficient (Wildman–Crippen LogP) is 4.50. The minimum Gasteiger partial charge on any atom is -0.326 e. The highest BCUT2D eigenvalue weighted by molar-refractivity contribution is 6.42. The first kappa shape index (κ1) is 18.4. The molecule has 2 aromatic carbocycles. The topological polar surface area (TPSA) is 70.6 Å². The molecule has 0 atom stereocenters. The second-order valence-corrected chi connectivity index (χ2v) is 6.93. The lowest BCUT2D eigenvalue weighted by atomic mass is 10.1. The summed E-state index contributed by atoms with van der Waals surface area (Å²) in [6, 6.07) is 12.0. The second-order valence-electron chi connectivity index (χ2n) is 6.11. The van der Waals surface area contributed by atoms with Gasteiger partial charge < -0.3 is 5.32 Å². The predicted molar refractivity (Wildman–Crippen MR) is 104 cm³/mol. The van der Waals surface area contributed by atoms with Crippen molar-refractivity contribution in [3.05, 3.63) is 63.6 Å². The summed E-state index contributed by atoms with van der Waals surface area (Å²) in [6.07, 6.45) is 1.90. The van der Waals surface area contributed by atoms with E-state index in [0.29, 0.717) is 27.0 Å². The highest BCUT2D eigenvalue weighted by atomic mass is 35.5. The molecule has 1 aliphatic rings. The third-order valence-electron chi connectivity index (χ3n) is 4.00. The molecule has 1 fully saturated rings. The molecule has 0 heterocycles. The summed E-state index contributed by atoms with van der Waals surface area (Å²) >= 11 is 11.8. The van der Waals surface area contributed by atoms with E-state index in [9.17, 15) is 9.59 Å². The number of hydrogen-bond donors (Lipinski definition) is 2. The Labute approximate surface area is 161 Å². The first-order valence-electron chi connectivity index (χ1n) is 8.15. The van der Waals surface area contributed by atoms with Gasteiger partial charge in [-0.2, -0.15) is 5.10 Å². The zero-order chi connectivity index (χ0) is 18.7. The summed E-state index contributed by atoms with van der Waals surface area (Å²) in [4.78, 5) is 24.0. The molecule has 7 heteroatoms. The van der Waals surface area contributed by atoms with E-state index in [1.807, 2.05) is 24.3 Å². The van der Waals surface area contributed by atoms with Gasteiger partial charge in [-0.05, 0) is 55.7 Å². The lowest BCUT2D eigenvalue weighted by Gasteiger charge is -2.07. The molecule has 26 heavy (non-hydrogen) atoms. The fraction of sp³-hybridized carbons (Fsp3) is 0.211. The molecular weight excluding hydrogens is 373 g/mol. The molecular formula is C19H17Cl2N3O2. The van der Waals surface area contributed by atoms with E-state index in [1.165, 1.54) is 6.07 Å². The SMILES string of the molecule is C/C(=N/NC(=O)c1ccc(Cl)c(Cl)c1)c1cccc(NC(=O)C2CC2)c1. The number of nitrogens with one attached hydrogen (secondary N) is 2. The van der Waals surface area contributed by atoms with Gasteiger partial charge in [0.2, 0.25) is 5.91 Å². The lowest BCUT2D eigenvalue weighted by Crippen LogP contribution is -2.19. The van der Waals surface area contributed by atoms with Gasteiger partial charge in [0.05, 0.1) is 15.8 Å². The number of rotatable bonds is 5. The first-order chi connectivity index (χ1) is 12.4. The van der Waals surface area contributed by atoms with E-state index in [4.69, 9.17) is 23.2 Å². The summed E-state index contributed by atoms with van der Waals surface area (Å²) < 4.78 is 0. The quantitative estimate of drug-likeness (QED) is 0.583. The van der Waals surface area contributed by atoms with Gasteiger partial charge >= 0.3 is 0 Å². The lowest BCUT2D eigenvalue weighted by molar-refractivity contribution is -0.117. The van der Waals surface area contributed by atoms with Crippen molar-refractivity contribution in [1.82, 2.24) is 5.43 Å². The normalized spacial score (nSPS) is 14.0. The van der Waals surface area contributed by atoms with Gasteiger partial charge in [0.25, 0.3) is 5.91 Å². The highest BCUT2D eigenvalue weighted by Crippen LogP contribution is 2.30. The number of anilines is 1. The molecule has 0 unspecified atom stereocenters.